The number of para-hydroxylation sites is 1. The Labute approximate surface area is 135 Å². The van der Waals surface area contributed by atoms with E-state index in [1.807, 2.05) is 30.3 Å². The second-order valence-corrected chi connectivity index (χ2v) is 5.95. The third-order valence-corrected chi connectivity index (χ3v) is 3.85. The summed E-state index contributed by atoms with van der Waals surface area (Å²) in [6, 6.07) is 10.0. The zero-order valence-electron chi connectivity index (χ0n) is 13.5. The molecule has 1 atom stereocenters. The number of rotatable bonds is 4. The maximum absolute atomic E-state index is 6.01. The Bertz CT molecular complexity index is 693. The van der Waals surface area contributed by atoms with Gasteiger partial charge in [-0.15, -0.1) is 0 Å². The minimum atomic E-state index is 0.115. The molecule has 0 amide bonds. The van der Waals surface area contributed by atoms with E-state index in [4.69, 9.17) is 15.0 Å². The molecule has 6 nitrogen and oxygen atoms in total. The van der Waals surface area contributed by atoms with Gasteiger partial charge in [-0.05, 0) is 12.0 Å². The van der Waals surface area contributed by atoms with E-state index in [-0.39, 0.29) is 6.04 Å². The summed E-state index contributed by atoms with van der Waals surface area (Å²) in [7, 11) is 0. The largest absolute Gasteiger partial charge is 0.493 e. The van der Waals surface area contributed by atoms with E-state index in [1.165, 1.54) is 0 Å². The Morgan fingerprint density at radius 2 is 2.26 bits per heavy atom. The van der Waals surface area contributed by atoms with Crippen LogP contribution in [0.5, 0.6) is 5.75 Å². The number of ether oxygens (including phenoxy) is 1. The Morgan fingerprint density at radius 3 is 3.04 bits per heavy atom. The van der Waals surface area contributed by atoms with Gasteiger partial charge in [0, 0.05) is 18.1 Å². The molecule has 1 aromatic carbocycles. The van der Waals surface area contributed by atoms with E-state index >= 15 is 0 Å². The Kier molecular flexibility index (Phi) is 4.50. The van der Waals surface area contributed by atoms with Crippen LogP contribution in [0.4, 0.5) is 0 Å². The van der Waals surface area contributed by atoms with Crippen molar-refractivity contribution in [3.05, 3.63) is 47.3 Å². The summed E-state index contributed by atoms with van der Waals surface area (Å²) in [5.41, 5.74) is 8.05. The first-order chi connectivity index (χ1) is 11.1. The van der Waals surface area contributed by atoms with Gasteiger partial charge in [0.15, 0.2) is 11.7 Å². The van der Waals surface area contributed by atoms with E-state index in [9.17, 15) is 0 Å². The molecule has 2 heterocycles. The smallest absolute Gasteiger partial charge is 0.189 e. The van der Waals surface area contributed by atoms with Crippen LogP contribution in [0.3, 0.4) is 0 Å². The van der Waals surface area contributed by atoms with E-state index in [2.05, 4.69) is 29.3 Å². The molecule has 0 fully saturated rings. The number of guanidine groups is 1. The molecule has 122 valence electrons. The number of hydrogen-bond acceptors (Lipinski definition) is 4. The highest BCUT2D eigenvalue weighted by Gasteiger charge is 2.21. The van der Waals surface area contributed by atoms with Gasteiger partial charge in [0.2, 0.25) is 0 Å². The van der Waals surface area contributed by atoms with Gasteiger partial charge in [-0.2, -0.15) is 0 Å². The van der Waals surface area contributed by atoms with Crippen molar-refractivity contribution in [3.8, 4) is 5.75 Å². The molecule has 1 aliphatic heterocycles. The van der Waals surface area contributed by atoms with Crippen LogP contribution in [0.2, 0.25) is 0 Å². The Balaban J connectivity index is 1.64. The molecule has 23 heavy (non-hydrogen) atoms. The van der Waals surface area contributed by atoms with Gasteiger partial charge in [0.1, 0.15) is 12.3 Å². The van der Waals surface area contributed by atoms with E-state index in [1.54, 1.807) is 0 Å². The fourth-order valence-electron chi connectivity index (χ4n) is 2.55. The molecular formula is C17H22N4O2. The molecule has 0 saturated heterocycles. The SMILES string of the molecule is CC(C)c1cc(CN=C(N)NC2CCOc3ccccc32)on1. The van der Waals surface area contributed by atoms with Gasteiger partial charge in [-0.1, -0.05) is 37.2 Å². The molecular weight excluding hydrogens is 292 g/mol. The molecule has 1 unspecified atom stereocenters. The predicted molar refractivity (Wildman–Crippen MR) is 88.3 cm³/mol. The van der Waals surface area contributed by atoms with Crippen LogP contribution in [-0.4, -0.2) is 17.7 Å². The van der Waals surface area contributed by atoms with Crippen LogP contribution < -0.4 is 15.8 Å². The van der Waals surface area contributed by atoms with Gasteiger partial charge >= 0.3 is 0 Å². The summed E-state index contributed by atoms with van der Waals surface area (Å²) in [5.74, 6) is 2.35. The Morgan fingerprint density at radius 1 is 1.43 bits per heavy atom. The summed E-state index contributed by atoms with van der Waals surface area (Å²) in [5, 5.41) is 7.28. The van der Waals surface area contributed by atoms with Crippen molar-refractivity contribution < 1.29 is 9.26 Å². The first-order valence-electron chi connectivity index (χ1n) is 7.87. The summed E-state index contributed by atoms with van der Waals surface area (Å²) in [6.07, 6.45) is 0.854. The van der Waals surface area contributed by atoms with Crippen molar-refractivity contribution in [1.29, 1.82) is 0 Å². The lowest BCUT2D eigenvalue weighted by Gasteiger charge is -2.26. The van der Waals surface area contributed by atoms with Crippen molar-refractivity contribution in [2.24, 2.45) is 10.7 Å². The van der Waals surface area contributed by atoms with Crippen molar-refractivity contribution in [2.45, 2.75) is 38.8 Å². The molecule has 0 radical (unpaired) electrons. The first kappa shape index (κ1) is 15.4. The molecule has 1 aliphatic rings. The molecule has 0 saturated carbocycles. The zero-order chi connectivity index (χ0) is 16.2. The van der Waals surface area contributed by atoms with Gasteiger partial charge in [-0.25, -0.2) is 4.99 Å². The van der Waals surface area contributed by atoms with Gasteiger partial charge < -0.3 is 20.3 Å². The predicted octanol–water partition coefficient (Wildman–Crippen LogP) is 2.73. The number of nitrogens with one attached hydrogen (secondary N) is 1. The summed E-state index contributed by atoms with van der Waals surface area (Å²) < 4.78 is 10.9. The summed E-state index contributed by atoms with van der Waals surface area (Å²) in [6.45, 7) is 5.19. The van der Waals surface area contributed by atoms with Crippen LogP contribution in [0.1, 0.15) is 49.2 Å². The highest BCUT2D eigenvalue weighted by atomic mass is 16.5. The molecule has 0 bridgehead atoms. The molecule has 2 aromatic rings. The average Bonchev–Trinajstić information content (AvgIpc) is 3.03. The van der Waals surface area contributed by atoms with Crippen LogP contribution in [0.15, 0.2) is 39.8 Å². The third-order valence-electron chi connectivity index (χ3n) is 3.85. The number of hydrogen-bond donors (Lipinski definition) is 2. The highest BCUT2D eigenvalue weighted by molar-refractivity contribution is 5.78. The molecule has 3 N–H and O–H groups in total. The lowest BCUT2D eigenvalue weighted by atomic mass is 10.0. The van der Waals surface area contributed by atoms with Crippen molar-refractivity contribution in [3.63, 3.8) is 0 Å². The topological polar surface area (TPSA) is 85.7 Å². The fourth-order valence-corrected chi connectivity index (χ4v) is 2.55. The van der Waals surface area contributed by atoms with E-state index < -0.39 is 0 Å². The number of benzene rings is 1. The fraction of sp³-hybridized carbons (Fsp3) is 0.412. The first-order valence-corrected chi connectivity index (χ1v) is 7.87. The highest BCUT2D eigenvalue weighted by Crippen LogP contribution is 2.31. The van der Waals surface area contributed by atoms with Crippen LogP contribution in [-0.2, 0) is 6.54 Å². The number of aliphatic imine (C=N–C) groups is 1. The standard InChI is InChI=1S/C17H22N4O2/c1-11(2)15-9-12(23-21-15)10-19-17(18)20-14-7-8-22-16-6-4-3-5-13(14)16/h3-6,9,11,14H,7-8,10H2,1-2H3,(H3,18,19,20). The maximum atomic E-state index is 6.01. The van der Waals surface area contributed by atoms with Crippen LogP contribution >= 0.6 is 0 Å². The summed E-state index contributed by atoms with van der Waals surface area (Å²) in [4.78, 5) is 4.34. The third kappa shape index (κ3) is 3.64. The van der Waals surface area contributed by atoms with Crippen molar-refractivity contribution in [2.75, 3.05) is 6.61 Å². The lowest BCUT2D eigenvalue weighted by molar-refractivity contribution is 0.262. The van der Waals surface area contributed by atoms with E-state index in [0.29, 0.717) is 30.8 Å². The maximum Gasteiger partial charge on any atom is 0.189 e. The quantitative estimate of drug-likeness (QED) is 0.669. The van der Waals surface area contributed by atoms with Gasteiger partial charge in [0.05, 0.1) is 18.3 Å². The summed E-state index contributed by atoms with van der Waals surface area (Å²) >= 11 is 0. The lowest BCUT2D eigenvalue weighted by Crippen LogP contribution is -2.37. The minimum Gasteiger partial charge on any atom is -0.493 e. The normalized spacial score (nSPS) is 17.7. The molecule has 0 spiro atoms. The second-order valence-electron chi connectivity index (χ2n) is 5.95. The van der Waals surface area contributed by atoms with Crippen LogP contribution in [0, 0.1) is 0 Å². The molecule has 3 rings (SSSR count). The van der Waals surface area contributed by atoms with Crippen molar-refractivity contribution >= 4 is 5.96 Å². The number of nitrogens with two attached hydrogens (primary N) is 1. The number of aromatic nitrogens is 1. The van der Waals surface area contributed by atoms with Gasteiger partial charge in [0.25, 0.3) is 0 Å². The molecule has 6 heteroatoms. The zero-order valence-corrected chi connectivity index (χ0v) is 13.5. The number of nitrogens with zero attached hydrogens (tertiary/aromatic N) is 2. The Hall–Kier alpha value is -2.50. The average molecular weight is 314 g/mol. The monoisotopic (exact) mass is 314 g/mol. The second kappa shape index (κ2) is 6.73. The number of fused-ring (bicyclic) bond motifs is 1. The molecule has 0 aliphatic carbocycles. The minimum absolute atomic E-state index is 0.115. The van der Waals surface area contributed by atoms with Crippen LogP contribution in [0.25, 0.3) is 0 Å². The molecule has 1 aromatic heterocycles. The van der Waals surface area contributed by atoms with E-state index in [0.717, 1.165) is 23.4 Å². The van der Waals surface area contributed by atoms with Gasteiger partial charge in [-0.3, -0.25) is 0 Å². The van der Waals surface area contributed by atoms with Crippen molar-refractivity contribution in [1.82, 2.24) is 10.5 Å².